The molecule has 2 unspecified atom stereocenters. The van der Waals surface area contributed by atoms with Gasteiger partial charge in [-0.25, -0.2) is 9.97 Å². The highest BCUT2D eigenvalue weighted by molar-refractivity contribution is 5.77. The van der Waals surface area contributed by atoms with Crippen LogP contribution in [-0.2, 0) is 17.6 Å². The van der Waals surface area contributed by atoms with E-state index in [4.69, 9.17) is 4.98 Å². The first-order valence-electron chi connectivity index (χ1n) is 9.79. The van der Waals surface area contributed by atoms with Crippen molar-refractivity contribution in [2.75, 3.05) is 31.1 Å². The third-order valence-corrected chi connectivity index (χ3v) is 6.20. The van der Waals surface area contributed by atoms with Crippen molar-refractivity contribution in [3.05, 3.63) is 41.5 Å². The van der Waals surface area contributed by atoms with Crippen LogP contribution in [-0.4, -0.2) is 51.9 Å². The van der Waals surface area contributed by atoms with Crippen molar-refractivity contribution in [2.45, 2.75) is 38.0 Å². The molecule has 0 spiro atoms. The molecule has 4 heterocycles. The molecule has 1 N–H and O–H groups in total. The number of aromatic amines is 1. The van der Waals surface area contributed by atoms with Crippen LogP contribution in [0.1, 0.15) is 42.1 Å². The number of aromatic nitrogens is 3. The molecule has 0 bridgehead atoms. The molecule has 2 aliphatic heterocycles. The highest BCUT2D eigenvalue weighted by Gasteiger charge is 2.42. The summed E-state index contributed by atoms with van der Waals surface area (Å²) in [7, 11) is 0. The second kappa shape index (κ2) is 6.41. The summed E-state index contributed by atoms with van der Waals surface area (Å²) in [5.74, 6) is 2.11. The van der Waals surface area contributed by atoms with Gasteiger partial charge in [-0.15, -0.1) is 0 Å². The molecular weight excluding hydrogens is 326 g/mol. The van der Waals surface area contributed by atoms with Crippen LogP contribution in [0.25, 0.3) is 0 Å². The lowest BCUT2D eigenvalue weighted by Crippen LogP contribution is -2.30. The number of anilines is 1. The van der Waals surface area contributed by atoms with Crippen LogP contribution in [0.3, 0.4) is 0 Å². The van der Waals surface area contributed by atoms with E-state index in [1.54, 1.807) is 0 Å². The van der Waals surface area contributed by atoms with Crippen molar-refractivity contribution in [1.82, 2.24) is 19.9 Å². The van der Waals surface area contributed by atoms with E-state index in [0.717, 1.165) is 50.7 Å². The first-order valence-corrected chi connectivity index (χ1v) is 9.79. The van der Waals surface area contributed by atoms with Crippen LogP contribution in [0.4, 0.5) is 5.95 Å². The first kappa shape index (κ1) is 15.9. The Bertz CT molecular complexity index is 797. The number of aryl methyl sites for hydroxylation is 1. The summed E-state index contributed by atoms with van der Waals surface area (Å²) < 4.78 is 0. The number of nitrogens with one attached hydrogen (secondary N) is 1. The number of fused-ring (bicyclic) bond motifs is 3. The monoisotopic (exact) mass is 351 g/mol. The van der Waals surface area contributed by atoms with Gasteiger partial charge in [0.25, 0.3) is 0 Å². The molecule has 3 aliphatic rings. The van der Waals surface area contributed by atoms with Gasteiger partial charge >= 0.3 is 0 Å². The van der Waals surface area contributed by atoms with Gasteiger partial charge in [0.1, 0.15) is 0 Å². The minimum absolute atomic E-state index is 0.269. The summed E-state index contributed by atoms with van der Waals surface area (Å²) in [5, 5.41) is 0. The molecule has 136 valence electrons. The molecule has 26 heavy (non-hydrogen) atoms. The molecule has 0 radical (unpaired) electrons. The Morgan fingerprint density at radius 1 is 1.27 bits per heavy atom. The average molecular weight is 351 g/mol. The molecule has 5 rings (SSSR count). The maximum atomic E-state index is 12.6. The van der Waals surface area contributed by atoms with E-state index < -0.39 is 0 Å². The lowest BCUT2D eigenvalue weighted by atomic mass is 9.98. The highest BCUT2D eigenvalue weighted by Crippen LogP contribution is 2.42. The number of carbonyl (C=O) groups excluding carboxylic acids is 1. The standard InChI is InChI=1S/C20H25N5O/c26-19(6-5-15-4-3-7-21-15)25-12-14-10-18-16(17(14)13-25)11-22-20(23-18)24-8-1-2-9-24/h3-4,7,11,14,17,21H,1-2,5-6,8-10,12-13H2. The van der Waals surface area contributed by atoms with Crippen LogP contribution in [0.2, 0.25) is 0 Å². The molecular formula is C20H25N5O. The van der Waals surface area contributed by atoms with Gasteiger partial charge in [0.2, 0.25) is 11.9 Å². The number of rotatable bonds is 4. The molecule has 2 aromatic rings. The quantitative estimate of drug-likeness (QED) is 0.917. The summed E-state index contributed by atoms with van der Waals surface area (Å²) in [6, 6.07) is 4.02. The van der Waals surface area contributed by atoms with Crippen LogP contribution >= 0.6 is 0 Å². The SMILES string of the molecule is O=C(CCc1ccc[nH]1)N1CC2Cc3nc(N4CCCC4)ncc3C2C1. The lowest BCUT2D eigenvalue weighted by Gasteiger charge is -2.19. The number of hydrogen-bond donors (Lipinski definition) is 1. The van der Waals surface area contributed by atoms with Crippen LogP contribution in [0.15, 0.2) is 24.5 Å². The van der Waals surface area contributed by atoms with E-state index in [-0.39, 0.29) is 5.91 Å². The molecule has 6 nitrogen and oxygen atoms in total. The summed E-state index contributed by atoms with van der Waals surface area (Å²) in [6.45, 7) is 3.85. The number of H-pyrrole nitrogens is 1. The van der Waals surface area contributed by atoms with Gasteiger partial charge in [-0.05, 0) is 49.3 Å². The fourth-order valence-corrected chi connectivity index (χ4v) is 4.76. The van der Waals surface area contributed by atoms with Gasteiger partial charge in [0, 0.05) is 62.3 Å². The third kappa shape index (κ3) is 2.77. The van der Waals surface area contributed by atoms with E-state index in [9.17, 15) is 4.79 Å². The van der Waals surface area contributed by atoms with E-state index in [2.05, 4.69) is 19.8 Å². The van der Waals surface area contributed by atoms with E-state index in [0.29, 0.717) is 18.3 Å². The van der Waals surface area contributed by atoms with E-state index in [1.807, 2.05) is 24.5 Å². The van der Waals surface area contributed by atoms with Crippen LogP contribution in [0.5, 0.6) is 0 Å². The molecule has 2 saturated heterocycles. The Labute approximate surface area is 153 Å². The second-order valence-corrected chi connectivity index (χ2v) is 7.83. The Morgan fingerprint density at radius 2 is 2.15 bits per heavy atom. The summed E-state index contributed by atoms with van der Waals surface area (Å²) >= 11 is 0. The van der Waals surface area contributed by atoms with Crippen molar-refractivity contribution in [3.8, 4) is 0 Å². The third-order valence-electron chi connectivity index (χ3n) is 6.20. The number of amides is 1. The number of hydrogen-bond acceptors (Lipinski definition) is 4. The normalized spacial score (nSPS) is 24.2. The van der Waals surface area contributed by atoms with Crippen molar-refractivity contribution in [3.63, 3.8) is 0 Å². The Balaban J connectivity index is 1.24. The number of likely N-dealkylation sites (tertiary alicyclic amines) is 1. The molecule has 2 fully saturated rings. The van der Waals surface area contributed by atoms with Gasteiger partial charge in [-0.3, -0.25) is 4.79 Å². The fraction of sp³-hybridized carbons (Fsp3) is 0.550. The summed E-state index contributed by atoms with van der Waals surface area (Å²) in [4.78, 5) is 29.6. The zero-order chi connectivity index (χ0) is 17.5. The van der Waals surface area contributed by atoms with Crippen molar-refractivity contribution < 1.29 is 4.79 Å². The minimum atomic E-state index is 0.269. The van der Waals surface area contributed by atoms with Crippen LogP contribution < -0.4 is 4.90 Å². The summed E-state index contributed by atoms with van der Waals surface area (Å²) in [5.41, 5.74) is 3.62. The highest BCUT2D eigenvalue weighted by atomic mass is 16.2. The molecule has 2 atom stereocenters. The van der Waals surface area contributed by atoms with Gasteiger partial charge in [0.15, 0.2) is 0 Å². The van der Waals surface area contributed by atoms with Gasteiger partial charge < -0.3 is 14.8 Å². The predicted molar refractivity (Wildman–Crippen MR) is 99.1 cm³/mol. The lowest BCUT2D eigenvalue weighted by molar-refractivity contribution is -0.130. The smallest absolute Gasteiger partial charge is 0.225 e. The molecule has 1 aliphatic carbocycles. The van der Waals surface area contributed by atoms with E-state index >= 15 is 0 Å². The first-order chi connectivity index (χ1) is 12.8. The molecule has 0 aromatic carbocycles. The van der Waals surface area contributed by atoms with E-state index in [1.165, 1.54) is 24.1 Å². The number of nitrogens with zero attached hydrogens (tertiary/aromatic N) is 4. The number of carbonyl (C=O) groups is 1. The largest absolute Gasteiger partial charge is 0.365 e. The molecule has 1 amide bonds. The second-order valence-electron chi connectivity index (χ2n) is 7.83. The zero-order valence-electron chi connectivity index (χ0n) is 15.0. The van der Waals surface area contributed by atoms with Crippen molar-refractivity contribution >= 4 is 11.9 Å². The predicted octanol–water partition coefficient (Wildman–Crippen LogP) is 2.14. The molecule has 0 saturated carbocycles. The fourth-order valence-electron chi connectivity index (χ4n) is 4.76. The zero-order valence-corrected chi connectivity index (χ0v) is 15.0. The molecule has 6 heteroatoms. The summed E-state index contributed by atoms with van der Waals surface area (Å²) in [6.07, 6.45) is 8.79. The Morgan fingerprint density at radius 3 is 2.96 bits per heavy atom. The topological polar surface area (TPSA) is 65.1 Å². The Kier molecular flexibility index (Phi) is 3.91. The maximum absolute atomic E-state index is 12.6. The van der Waals surface area contributed by atoms with Crippen LogP contribution in [0, 0.1) is 5.92 Å². The van der Waals surface area contributed by atoms with Gasteiger partial charge in [-0.2, -0.15) is 0 Å². The minimum Gasteiger partial charge on any atom is -0.365 e. The van der Waals surface area contributed by atoms with Gasteiger partial charge in [0.05, 0.1) is 0 Å². The van der Waals surface area contributed by atoms with Crippen molar-refractivity contribution in [2.24, 2.45) is 5.92 Å². The average Bonchev–Trinajstić information content (AvgIpc) is 3.43. The maximum Gasteiger partial charge on any atom is 0.225 e. The molecule has 2 aromatic heterocycles. The van der Waals surface area contributed by atoms with Crippen molar-refractivity contribution in [1.29, 1.82) is 0 Å². The van der Waals surface area contributed by atoms with Gasteiger partial charge in [-0.1, -0.05) is 0 Å². The Hall–Kier alpha value is -2.37.